The van der Waals surface area contributed by atoms with Crippen molar-refractivity contribution in [1.82, 2.24) is 17.9 Å². The largest absolute Gasteiger partial charge is 0.309 e. The molecule has 0 N–H and O–H groups in total. The van der Waals surface area contributed by atoms with Gasteiger partial charge in [-0.1, -0.05) is 170 Å². The van der Waals surface area contributed by atoms with Gasteiger partial charge in [0, 0.05) is 87.1 Å². The maximum Gasteiger partial charge on any atom is 0.0626 e. The predicted molar refractivity (Wildman–Crippen MR) is 330 cm³/mol. The van der Waals surface area contributed by atoms with Gasteiger partial charge in [-0.25, -0.2) is 0 Å². The SMILES string of the molecule is c1ccc(-n2c3ccccc3c3cc(-c4c5ccccc5cc5c6cccc7c8cc9c(cc8n(c45)c76)c4cccc5c6c7ccccc7cc(-c7ccc8c(c7)c7ccccc7n8-c7ccccc7)c6n9c45)ccc32)cc1. The van der Waals surface area contributed by atoms with E-state index in [-0.39, 0.29) is 0 Å². The summed E-state index contributed by atoms with van der Waals surface area (Å²) in [6, 6.07) is 95.5. The lowest BCUT2D eigenvalue weighted by atomic mass is 9.93. The van der Waals surface area contributed by atoms with E-state index in [2.05, 4.69) is 273 Å². The topological polar surface area (TPSA) is 18.7 Å². The minimum Gasteiger partial charge on any atom is -0.309 e. The lowest BCUT2D eigenvalue weighted by Gasteiger charge is -2.13. The first-order valence-corrected chi connectivity index (χ1v) is 27.1. The molecule has 0 radical (unpaired) electrons. The van der Waals surface area contributed by atoms with Crippen molar-refractivity contribution in [1.29, 1.82) is 0 Å². The molecule has 13 aromatic carbocycles. The molecule has 0 unspecified atom stereocenters. The number of aromatic nitrogens is 4. The van der Waals surface area contributed by atoms with Crippen LogP contribution in [0, 0.1) is 0 Å². The summed E-state index contributed by atoms with van der Waals surface area (Å²) < 4.78 is 10.1. The number of fused-ring (bicyclic) bond motifs is 21. The molecular formula is C74H42N4. The molecule has 0 aliphatic rings. The zero-order valence-corrected chi connectivity index (χ0v) is 42.0. The van der Waals surface area contributed by atoms with E-state index >= 15 is 0 Å². The zero-order chi connectivity index (χ0) is 50.5. The molecule has 358 valence electrons. The minimum absolute atomic E-state index is 1.16. The maximum absolute atomic E-state index is 2.63. The van der Waals surface area contributed by atoms with Gasteiger partial charge in [-0.3, -0.25) is 0 Å². The summed E-state index contributed by atoms with van der Waals surface area (Å²) in [4.78, 5) is 0. The van der Waals surface area contributed by atoms with Gasteiger partial charge in [0.2, 0.25) is 0 Å². The fraction of sp³-hybridized carbons (Fsp3) is 0. The van der Waals surface area contributed by atoms with Crippen LogP contribution in [-0.4, -0.2) is 17.9 Å². The van der Waals surface area contributed by atoms with Gasteiger partial charge in [0.15, 0.2) is 0 Å². The Kier molecular flexibility index (Phi) is 7.71. The van der Waals surface area contributed by atoms with Gasteiger partial charge in [-0.05, 0) is 118 Å². The van der Waals surface area contributed by atoms with E-state index in [0.29, 0.717) is 0 Å². The van der Waals surface area contributed by atoms with Crippen molar-refractivity contribution in [2.45, 2.75) is 0 Å². The van der Waals surface area contributed by atoms with E-state index in [4.69, 9.17) is 0 Å². The first-order chi connectivity index (χ1) is 38.7. The standard InChI is InChI=1S/C74H42N4/c1-3-19-47(20-4-1)75-63-31-13-11-25-51(63)58-38-45(33-35-65(58)75)57-37-43-17-8-10-24-50(43)70-56-30-16-28-54-61-42-67-60(41-68(61)78(72(54)56)73(57)70)53-27-15-29-55-62-39-44-18-7-9-23-49(44)69(74(62)77(67)71(53)55)46-34-36-66-59(40-46)52-26-12-14-32-64(52)76(66)48-21-5-2-6-22-48/h1-42H. The molecule has 19 rings (SSSR count). The lowest BCUT2D eigenvalue weighted by molar-refractivity contribution is 1.18. The van der Waals surface area contributed by atoms with E-state index in [1.165, 1.54) is 164 Å². The van der Waals surface area contributed by atoms with E-state index in [1.54, 1.807) is 0 Å². The smallest absolute Gasteiger partial charge is 0.0626 e. The molecule has 6 aromatic heterocycles. The molecule has 19 aromatic rings. The van der Waals surface area contributed by atoms with Crippen molar-refractivity contribution in [2.24, 2.45) is 0 Å². The Hall–Kier alpha value is -10.4. The molecular weight excluding hydrogens is 945 g/mol. The highest BCUT2D eigenvalue weighted by Gasteiger charge is 2.27. The van der Waals surface area contributed by atoms with Crippen molar-refractivity contribution in [3.05, 3.63) is 255 Å². The molecule has 0 amide bonds. The summed E-state index contributed by atoms with van der Waals surface area (Å²) in [5.41, 5.74) is 19.6. The minimum atomic E-state index is 1.16. The first kappa shape index (κ1) is 40.9. The van der Waals surface area contributed by atoms with Crippen molar-refractivity contribution >= 4 is 141 Å². The van der Waals surface area contributed by atoms with Crippen LogP contribution in [0.2, 0.25) is 0 Å². The van der Waals surface area contributed by atoms with Crippen LogP contribution >= 0.6 is 0 Å². The van der Waals surface area contributed by atoms with Crippen LogP contribution in [0.1, 0.15) is 0 Å². The molecule has 0 aliphatic heterocycles. The highest BCUT2D eigenvalue weighted by molar-refractivity contribution is 6.34. The molecule has 4 nitrogen and oxygen atoms in total. The monoisotopic (exact) mass is 986 g/mol. The average Bonchev–Trinajstić information content (AvgIpc) is 3.66. The Morgan fingerprint density at radius 2 is 0.654 bits per heavy atom. The summed E-state index contributed by atoms with van der Waals surface area (Å²) >= 11 is 0. The van der Waals surface area contributed by atoms with Gasteiger partial charge < -0.3 is 17.9 Å². The quantitative estimate of drug-likeness (QED) is 0.167. The van der Waals surface area contributed by atoms with Crippen LogP contribution in [0.25, 0.3) is 175 Å². The number of benzene rings is 13. The van der Waals surface area contributed by atoms with Crippen LogP contribution < -0.4 is 0 Å². The van der Waals surface area contributed by atoms with E-state index in [9.17, 15) is 0 Å². The Bertz CT molecular complexity index is 5750. The molecule has 0 saturated heterocycles. The summed E-state index contributed by atoms with van der Waals surface area (Å²) in [5.74, 6) is 0. The molecule has 4 heteroatoms. The molecule has 0 aliphatic carbocycles. The van der Waals surface area contributed by atoms with Crippen LogP contribution in [-0.2, 0) is 0 Å². The second-order valence-electron chi connectivity index (χ2n) is 21.5. The number of nitrogens with zero attached hydrogens (tertiary/aromatic N) is 4. The third kappa shape index (κ3) is 5.10. The Balaban J connectivity index is 0.921. The van der Waals surface area contributed by atoms with Crippen LogP contribution in [0.15, 0.2) is 255 Å². The fourth-order valence-corrected chi connectivity index (χ4v) is 14.6. The predicted octanol–water partition coefficient (Wildman–Crippen LogP) is 19.8. The average molecular weight is 987 g/mol. The third-order valence-electron chi connectivity index (χ3n) is 17.7. The number of hydrogen-bond acceptors (Lipinski definition) is 0. The Labute approximate surface area is 445 Å². The van der Waals surface area contributed by atoms with E-state index < -0.39 is 0 Å². The van der Waals surface area contributed by atoms with Crippen LogP contribution in [0.4, 0.5) is 0 Å². The van der Waals surface area contributed by atoms with Gasteiger partial charge in [0.1, 0.15) is 0 Å². The molecule has 78 heavy (non-hydrogen) atoms. The van der Waals surface area contributed by atoms with Gasteiger partial charge in [-0.15, -0.1) is 0 Å². The number of rotatable bonds is 4. The molecule has 0 atom stereocenters. The fourth-order valence-electron chi connectivity index (χ4n) is 14.6. The molecule has 6 heterocycles. The number of hydrogen-bond donors (Lipinski definition) is 0. The summed E-state index contributed by atoms with van der Waals surface area (Å²) in [6.07, 6.45) is 0. The molecule has 0 bridgehead atoms. The second-order valence-corrected chi connectivity index (χ2v) is 21.5. The van der Waals surface area contributed by atoms with Gasteiger partial charge in [-0.2, -0.15) is 0 Å². The van der Waals surface area contributed by atoms with Crippen molar-refractivity contribution < 1.29 is 0 Å². The lowest BCUT2D eigenvalue weighted by Crippen LogP contribution is -1.93. The maximum atomic E-state index is 2.63. The van der Waals surface area contributed by atoms with Crippen LogP contribution in [0.3, 0.4) is 0 Å². The van der Waals surface area contributed by atoms with Crippen molar-refractivity contribution in [2.75, 3.05) is 0 Å². The molecule has 0 fully saturated rings. The summed E-state index contributed by atoms with van der Waals surface area (Å²) in [5, 5.41) is 20.2. The zero-order valence-electron chi connectivity index (χ0n) is 42.0. The molecule has 0 spiro atoms. The first-order valence-electron chi connectivity index (χ1n) is 27.1. The van der Waals surface area contributed by atoms with Gasteiger partial charge in [0.25, 0.3) is 0 Å². The van der Waals surface area contributed by atoms with E-state index in [0.717, 1.165) is 11.4 Å². The van der Waals surface area contributed by atoms with Crippen molar-refractivity contribution in [3.8, 4) is 33.6 Å². The summed E-state index contributed by atoms with van der Waals surface area (Å²) in [6.45, 7) is 0. The van der Waals surface area contributed by atoms with Gasteiger partial charge >= 0.3 is 0 Å². The van der Waals surface area contributed by atoms with Crippen LogP contribution in [0.5, 0.6) is 0 Å². The summed E-state index contributed by atoms with van der Waals surface area (Å²) in [7, 11) is 0. The normalized spacial score (nSPS) is 12.6. The second kappa shape index (κ2) is 14.7. The molecule has 0 saturated carbocycles. The highest BCUT2D eigenvalue weighted by Crippen LogP contribution is 2.51. The Morgan fingerprint density at radius 3 is 1.28 bits per heavy atom. The third-order valence-corrected chi connectivity index (χ3v) is 17.7. The number of para-hydroxylation sites is 6. The Morgan fingerprint density at radius 1 is 0.218 bits per heavy atom. The van der Waals surface area contributed by atoms with Gasteiger partial charge in [0.05, 0.1) is 55.2 Å². The van der Waals surface area contributed by atoms with E-state index in [1.807, 2.05) is 0 Å². The van der Waals surface area contributed by atoms with Crippen molar-refractivity contribution in [3.63, 3.8) is 0 Å². The highest BCUT2D eigenvalue weighted by atomic mass is 15.0.